The summed E-state index contributed by atoms with van der Waals surface area (Å²) in [6, 6.07) is 14.5. The molecule has 1 amide bonds. The van der Waals surface area contributed by atoms with E-state index in [1.807, 2.05) is 0 Å². The molecule has 28 heavy (non-hydrogen) atoms. The van der Waals surface area contributed by atoms with Crippen LogP contribution in [0.3, 0.4) is 0 Å². The fraction of sp³-hybridized carbons (Fsp3) is 0.0952. The molecule has 1 saturated heterocycles. The molecule has 140 valence electrons. The van der Waals surface area contributed by atoms with Gasteiger partial charge in [0.25, 0.3) is 5.78 Å². The number of aliphatic hydroxyl groups is 1. The highest BCUT2D eigenvalue weighted by Crippen LogP contribution is 2.41. The van der Waals surface area contributed by atoms with Gasteiger partial charge in [0.2, 0.25) is 0 Å². The number of halogens is 1. The zero-order valence-electron chi connectivity index (χ0n) is 14.8. The van der Waals surface area contributed by atoms with Crippen molar-refractivity contribution in [2.75, 3.05) is 4.90 Å². The molecule has 0 radical (unpaired) electrons. The Kier molecular flexibility index (Phi) is 4.27. The van der Waals surface area contributed by atoms with Gasteiger partial charge < -0.3 is 9.63 Å². The molecule has 2 heterocycles. The number of amides is 1. The maximum Gasteiger partial charge on any atom is 0.301 e. The monoisotopic (exact) mass is 378 g/mol. The number of ketones is 1. The highest BCUT2D eigenvalue weighted by atomic mass is 19.1. The Hall–Kier alpha value is -3.74. The van der Waals surface area contributed by atoms with Crippen LogP contribution in [-0.2, 0) is 9.59 Å². The van der Waals surface area contributed by atoms with Crippen LogP contribution in [0.5, 0.6) is 0 Å². The summed E-state index contributed by atoms with van der Waals surface area (Å²) in [5.74, 6) is -1.89. The van der Waals surface area contributed by atoms with Gasteiger partial charge in [-0.15, -0.1) is 0 Å². The molecule has 0 spiro atoms. The van der Waals surface area contributed by atoms with Crippen molar-refractivity contribution in [2.45, 2.75) is 13.0 Å². The minimum absolute atomic E-state index is 0.0940. The van der Waals surface area contributed by atoms with Crippen molar-refractivity contribution in [3.63, 3.8) is 0 Å². The average molecular weight is 378 g/mol. The summed E-state index contributed by atoms with van der Waals surface area (Å²) in [6.07, 6.45) is 0. The molecule has 6 nitrogen and oxygen atoms in total. The number of aliphatic hydroxyl groups excluding tert-OH is 1. The van der Waals surface area contributed by atoms with E-state index in [-0.39, 0.29) is 22.7 Å². The molecule has 4 rings (SSSR count). The molecular formula is C21H15FN2O4. The molecular weight excluding hydrogens is 363 g/mol. The topological polar surface area (TPSA) is 83.6 Å². The maximum absolute atomic E-state index is 13.2. The maximum atomic E-state index is 13.2. The van der Waals surface area contributed by atoms with E-state index in [4.69, 9.17) is 4.52 Å². The highest BCUT2D eigenvalue weighted by Gasteiger charge is 2.48. The number of aryl methyl sites for hydroxylation is 1. The van der Waals surface area contributed by atoms with Crippen molar-refractivity contribution in [1.82, 2.24) is 5.16 Å². The number of rotatable bonds is 3. The first-order chi connectivity index (χ1) is 13.5. The molecule has 2 aromatic carbocycles. The first-order valence-corrected chi connectivity index (χ1v) is 8.52. The van der Waals surface area contributed by atoms with E-state index in [0.29, 0.717) is 11.3 Å². The van der Waals surface area contributed by atoms with E-state index in [9.17, 15) is 19.1 Å². The van der Waals surface area contributed by atoms with Crippen molar-refractivity contribution in [3.8, 4) is 0 Å². The fourth-order valence-corrected chi connectivity index (χ4v) is 3.25. The van der Waals surface area contributed by atoms with E-state index in [1.165, 1.54) is 29.2 Å². The van der Waals surface area contributed by atoms with Gasteiger partial charge in [-0.3, -0.25) is 14.5 Å². The number of benzene rings is 2. The minimum atomic E-state index is -0.893. The van der Waals surface area contributed by atoms with Crippen LogP contribution >= 0.6 is 0 Å². The molecule has 0 unspecified atom stereocenters. The molecule has 0 saturated carbocycles. The van der Waals surface area contributed by atoms with Crippen molar-refractivity contribution < 1.29 is 23.6 Å². The Morgan fingerprint density at radius 3 is 2.39 bits per heavy atom. The number of nitrogens with zero attached hydrogens (tertiary/aromatic N) is 2. The summed E-state index contributed by atoms with van der Waals surface area (Å²) in [4.78, 5) is 26.8. The first kappa shape index (κ1) is 17.7. The van der Waals surface area contributed by atoms with Gasteiger partial charge in [-0.05, 0) is 36.8 Å². The molecule has 0 bridgehead atoms. The van der Waals surface area contributed by atoms with Gasteiger partial charge >= 0.3 is 5.91 Å². The van der Waals surface area contributed by atoms with Crippen LogP contribution in [0, 0.1) is 12.7 Å². The van der Waals surface area contributed by atoms with Gasteiger partial charge in [-0.1, -0.05) is 35.5 Å². The van der Waals surface area contributed by atoms with Crippen LogP contribution in [0.1, 0.15) is 22.9 Å². The summed E-state index contributed by atoms with van der Waals surface area (Å²) >= 11 is 0. The molecule has 1 atom stereocenters. The van der Waals surface area contributed by atoms with Crippen molar-refractivity contribution in [1.29, 1.82) is 0 Å². The average Bonchev–Trinajstić information content (AvgIpc) is 3.24. The Labute approximate surface area is 159 Å². The lowest BCUT2D eigenvalue weighted by atomic mass is 9.95. The molecule has 7 heteroatoms. The largest absolute Gasteiger partial charge is 0.507 e. The lowest BCUT2D eigenvalue weighted by Gasteiger charge is -2.22. The van der Waals surface area contributed by atoms with Crippen LogP contribution in [-0.4, -0.2) is 22.0 Å². The van der Waals surface area contributed by atoms with Crippen LogP contribution in [0.25, 0.3) is 5.76 Å². The summed E-state index contributed by atoms with van der Waals surface area (Å²) in [5.41, 5.74) is 0.756. The summed E-state index contributed by atoms with van der Waals surface area (Å²) in [7, 11) is 0. The summed E-state index contributed by atoms with van der Waals surface area (Å²) in [5, 5.41) is 14.7. The van der Waals surface area contributed by atoms with Gasteiger partial charge in [0, 0.05) is 11.6 Å². The number of hydrogen-bond donors (Lipinski definition) is 1. The van der Waals surface area contributed by atoms with Gasteiger partial charge in [0.15, 0.2) is 5.82 Å². The number of Topliss-reactive ketones (excluding diaryl/α,β-unsaturated/α-hetero) is 1. The highest BCUT2D eigenvalue weighted by molar-refractivity contribution is 6.51. The van der Waals surface area contributed by atoms with Gasteiger partial charge in [-0.2, -0.15) is 0 Å². The summed E-state index contributed by atoms with van der Waals surface area (Å²) < 4.78 is 18.3. The Bertz CT molecular complexity index is 1090. The molecule has 1 aliphatic rings. The lowest BCUT2D eigenvalue weighted by Crippen LogP contribution is -2.29. The lowest BCUT2D eigenvalue weighted by molar-refractivity contribution is -0.132. The van der Waals surface area contributed by atoms with Crippen LogP contribution in [0.2, 0.25) is 0 Å². The third-order valence-corrected chi connectivity index (χ3v) is 4.54. The number of aromatic nitrogens is 1. The third kappa shape index (κ3) is 2.87. The third-order valence-electron chi connectivity index (χ3n) is 4.54. The molecule has 1 aliphatic heterocycles. The number of hydrogen-bond acceptors (Lipinski definition) is 5. The second-order valence-corrected chi connectivity index (χ2v) is 6.38. The molecule has 0 aliphatic carbocycles. The Balaban J connectivity index is 1.93. The second-order valence-electron chi connectivity index (χ2n) is 6.38. The molecule has 3 aromatic rings. The Morgan fingerprint density at radius 2 is 1.79 bits per heavy atom. The van der Waals surface area contributed by atoms with Crippen LogP contribution in [0.4, 0.5) is 10.2 Å². The first-order valence-electron chi connectivity index (χ1n) is 8.52. The van der Waals surface area contributed by atoms with E-state index < -0.39 is 23.5 Å². The number of carbonyl (C=O) groups is 2. The SMILES string of the molecule is Cc1cc(N2C(=O)C(=O)C(=C(O)c3ccc(F)cc3)[C@@H]2c2ccccc2)no1. The Morgan fingerprint density at radius 1 is 1.11 bits per heavy atom. The molecule has 1 fully saturated rings. The summed E-state index contributed by atoms with van der Waals surface area (Å²) in [6.45, 7) is 1.67. The fourth-order valence-electron chi connectivity index (χ4n) is 3.25. The number of carbonyl (C=O) groups excluding carboxylic acids is 2. The van der Waals surface area contributed by atoms with E-state index in [0.717, 1.165) is 0 Å². The normalized spacial score (nSPS) is 18.6. The van der Waals surface area contributed by atoms with Gasteiger partial charge in [0.05, 0.1) is 11.6 Å². The van der Waals surface area contributed by atoms with Crippen LogP contribution in [0.15, 0.2) is 70.8 Å². The molecule has 1 aromatic heterocycles. The standard InChI is InChI=1S/C21H15FN2O4/c1-12-11-16(23-28-12)24-18(13-5-3-2-4-6-13)17(20(26)21(24)27)19(25)14-7-9-15(22)10-8-14/h2-11,18,25H,1H3/t18-/m0/s1. The predicted octanol–water partition coefficient (Wildman–Crippen LogP) is 3.75. The van der Waals surface area contributed by atoms with Gasteiger partial charge in [-0.25, -0.2) is 4.39 Å². The van der Waals surface area contributed by atoms with E-state index >= 15 is 0 Å². The zero-order chi connectivity index (χ0) is 19.8. The van der Waals surface area contributed by atoms with Crippen molar-refractivity contribution in [2.24, 2.45) is 0 Å². The van der Waals surface area contributed by atoms with Gasteiger partial charge in [0.1, 0.15) is 17.3 Å². The van der Waals surface area contributed by atoms with E-state index in [1.54, 1.807) is 43.3 Å². The smallest absolute Gasteiger partial charge is 0.301 e. The minimum Gasteiger partial charge on any atom is -0.507 e. The predicted molar refractivity (Wildman–Crippen MR) is 98.9 cm³/mol. The van der Waals surface area contributed by atoms with Crippen LogP contribution < -0.4 is 4.90 Å². The van der Waals surface area contributed by atoms with E-state index in [2.05, 4.69) is 5.16 Å². The molecule has 1 N–H and O–H groups in total. The zero-order valence-corrected chi connectivity index (χ0v) is 14.8. The number of anilines is 1. The second kappa shape index (κ2) is 6.77. The van der Waals surface area contributed by atoms with Crippen molar-refractivity contribution >= 4 is 23.3 Å². The quantitative estimate of drug-likeness (QED) is 0.426. The van der Waals surface area contributed by atoms with Crippen molar-refractivity contribution in [3.05, 3.63) is 88.9 Å².